The van der Waals surface area contributed by atoms with Crippen LogP contribution in [0.5, 0.6) is 5.75 Å². The lowest BCUT2D eigenvalue weighted by Crippen LogP contribution is -2.49. The van der Waals surface area contributed by atoms with Gasteiger partial charge >= 0.3 is 0 Å². The van der Waals surface area contributed by atoms with Crippen LogP contribution < -0.4 is 16.8 Å². The number of amides is 3. The summed E-state index contributed by atoms with van der Waals surface area (Å²) in [5.41, 5.74) is 15.2. The standard InChI is InChI=1S/C28H30N4O4/c29-17-20-14-19(13-18-8-10-23(33)11-9-18)15-22(16-20)28(36)32-12-4-7-24(32)27(35)31-25(26(30)34)21-5-2-1-3-6-21/h1-3,5-6,8-11,14-16,24-25,33H,4,7,12-13,17,29H2,(H2,30,34)(H,31,35)/t24-,25?/m0/s1. The van der Waals surface area contributed by atoms with Crippen molar-refractivity contribution in [2.75, 3.05) is 6.54 Å². The molecule has 0 spiro atoms. The van der Waals surface area contributed by atoms with Crippen LogP contribution in [-0.4, -0.2) is 40.3 Å². The molecular weight excluding hydrogens is 456 g/mol. The summed E-state index contributed by atoms with van der Waals surface area (Å²) in [6.07, 6.45) is 1.73. The van der Waals surface area contributed by atoms with Crippen LogP contribution in [-0.2, 0) is 22.6 Å². The van der Waals surface area contributed by atoms with Crippen molar-refractivity contribution >= 4 is 17.7 Å². The van der Waals surface area contributed by atoms with Gasteiger partial charge < -0.3 is 26.8 Å². The van der Waals surface area contributed by atoms with Crippen LogP contribution in [0.15, 0.2) is 72.8 Å². The number of carbonyl (C=O) groups is 3. The summed E-state index contributed by atoms with van der Waals surface area (Å²) in [5.74, 6) is -1.15. The normalized spacial score (nSPS) is 15.9. The predicted molar refractivity (Wildman–Crippen MR) is 136 cm³/mol. The third kappa shape index (κ3) is 5.72. The first-order valence-electron chi connectivity index (χ1n) is 11.9. The number of rotatable bonds is 8. The Morgan fingerprint density at radius 1 is 0.972 bits per heavy atom. The van der Waals surface area contributed by atoms with E-state index in [2.05, 4.69) is 5.32 Å². The van der Waals surface area contributed by atoms with E-state index in [9.17, 15) is 19.5 Å². The van der Waals surface area contributed by atoms with Gasteiger partial charge in [0.05, 0.1) is 0 Å². The van der Waals surface area contributed by atoms with Gasteiger partial charge in [-0.2, -0.15) is 0 Å². The van der Waals surface area contributed by atoms with Gasteiger partial charge in [-0.3, -0.25) is 14.4 Å². The molecule has 8 nitrogen and oxygen atoms in total. The number of likely N-dealkylation sites (tertiary alicyclic amines) is 1. The van der Waals surface area contributed by atoms with Crippen LogP contribution in [0.3, 0.4) is 0 Å². The molecule has 186 valence electrons. The molecule has 1 aliphatic heterocycles. The van der Waals surface area contributed by atoms with Gasteiger partial charge in [0, 0.05) is 18.7 Å². The van der Waals surface area contributed by atoms with E-state index in [1.807, 2.05) is 30.3 Å². The van der Waals surface area contributed by atoms with Gasteiger partial charge in [0.25, 0.3) is 5.91 Å². The lowest BCUT2D eigenvalue weighted by atomic mass is 9.99. The van der Waals surface area contributed by atoms with Crippen molar-refractivity contribution in [3.8, 4) is 5.75 Å². The molecule has 0 bridgehead atoms. The van der Waals surface area contributed by atoms with Crippen molar-refractivity contribution in [1.29, 1.82) is 0 Å². The molecule has 6 N–H and O–H groups in total. The first kappa shape index (κ1) is 24.9. The summed E-state index contributed by atoms with van der Waals surface area (Å²) in [6, 6.07) is 19.5. The number of phenolic OH excluding ortho intramolecular Hbond substituents is 1. The Bertz CT molecular complexity index is 1240. The van der Waals surface area contributed by atoms with E-state index in [1.165, 1.54) is 0 Å². The fourth-order valence-electron chi connectivity index (χ4n) is 4.61. The third-order valence-corrected chi connectivity index (χ3v) is 6.40. The lowest BCUT2D eigenvalue weighted by Gasteiger charge is -2.26. The van der Waals surface area contributed by atoms with Crippen molar-refractivity contribution < 1.29 is 19.5 Å². The average Bonchev–Trinajstić information content (AvgIpc) is 3.38. The zero-order valence-electron chi connectivity index (χ0n) is 19.9. The van der Waals surface area contributed by atoms with Gasteiger partial charge in [-0.1, -0.05) is 48.5 Å². The molecule has 1 saturated heterocycles. The summed E-state index contributed by atoms with van der Waals surface area (Å²) in [6.45, 7) is 0.703. The Morgan fingerprint density at radius 2 is 1.67 bits per heavy atom. The monoisotopic (exact) mass is 486 g/mol. The molecule has 0 saturated carbocycles. The molecule has 1 aliphatic rings. The molecule has 0 aliphatic carbocycles. The van der Waals surface area contributed by atoms with E-state index in [4.69, 9.17) is 11.5 Å². The molecule has 3 aromatic rings. The highest BCUT2D eigenvalue weighted by atomic mass is 16.3. The van der Waals surface area contributed by atoms with Gasteiger partial charge in [0.15, 0.2) is 0 Å². The summed E-state index contributed by atoms with van der Waals surface area (Å²) >= 11 is 0. The minimum atomic E-state index is -0.978. The molecule has 8 heteroatoms. The number of carbonyl (C=O) groups excluding carboxylic acids is 3. The highest BCUT2D eigenvalue weighted by Gasteiger charge is 2.36. The molecule has 3 amide bonds. The smallest absolute Gasteiger partial charge is 0.254 e. The van der Waals surface area contributed by atoms with E-state index >= 15 is 0 Å². The molecule has 4 rings (SSSR count). The second-order valence-corrected chi connectivity index (χ2v) is 9.00. The Labute approximate surface area is 209 Å². The van der Waals surface area contributed by atoms with Crippen molar-refractivity contribution in [3.63, 3.8) is 0 Å². The van der Waals surface area contributed by atoms with Gasteiger partial charge in [-0.25, -0.2) is 0 Å². The molecule has 3 aromatic carbocycles. The molecule has 1 heterocycles. The highest BCUT2D eigenvalue weighted by Crippen LogP contribution is 2.24. The molecule has 1 fully saturated rings. The van der Waals surface area contributed by atoms with Gasteiger partial charge in [0.2, 0.25) is 11.8 Å². The summed E-state index contributed by atoms with van der Waals surface area (Å²) in [4.78, 5) is 40.4. The first-order valence-corrected chi connectivity index (χ1v) is 11.9. The number of primary amides is 1. The van der Waals surface area contributed by atoms with Crippen molar-refractivity contribution in [1.82, 2.24) is 10.2 Å². The second kappa shape index (κ2) is 11.0. The van der Waals surface area contributed by atoms with Crippen LogP contribution in [0.2, 0.25) is 0 Å². The summed E-state index contributed by atoms with van der Waals surface area (Å²) < 4.78 is 0. The number of nitrogens with two attached hydrogens (primary N) is 2. The van der Waals surface area contributed by atoms with Crippen molar-refractivity contribution in [3.05, 3.63) is 101 Å². The molecular formula is C28H30N4O4. The predicted octanol–water partition coefficient (Wildman–Crippen LogP) is 2.39. The number of nitrogens with zero attached hydrogens (tertiary/aromatic N) is 1. The largest absolute Gasteiger partial charge is 0.508 e. The number of hydrogen-bond donors (Lipinski definition) is 4. The molecule has 36 heavy (non-hydrogen) atoms. The minimum Gasteiger partial charge on any atom is -0.508 e. The molecule has 1 unspecified atom stereocenters. The maximum atomic E-state index is 13.5. The number of hydrogen-bond acceptors (Lipinski definition) is 5. The van der Waals surface area contributed by atoms with Crippen LogP contribution >= 0.6 is 0 Å². The SMILES string of the molecule is NCc1cc(Cc2ccc(O)cc2)cc(C(=O)N2CCC[C@H]2C(=O)NC(C(N)=O)c2ccccc2)c1. The Hall–Kier alpha value is -4.17. The lowest BCUT2D eigenvalue weighted by molar-refractivity contribution is -0.129. The van der Waals surface area contributed by atoms with Crippen LogP contribution in [0.4, 0.5) is 0 Å². The topological polar surface area (TPSA) is 139 Å². The number of aromatic hydroxyl groups is 1. The summed E-state index contributed by atoms with van der Waals surface area (Å²) in [5, 5.41) is 12.3. The van der Waals surface area contributed by atoms with Crippen LogP contribution in [0, 0.1) is 0 Å². The molecule has 2 atom stereocenters. The van der Waals surface area contributed by atoms with Gasteiger partial charge in [-0.15, -0.1) is 0 Å². The van der Waals surface area contributed by atoms with Crippen molar-refractivity contribution in [2.45, 2.75) is 37.9 Å². The van der Waals surface area contributed by atoms with E-state index in [1.54, 1.807) is 47.4 Å². The number of benzene rings is 3. The quantitative estimate of drug-likeness (QED) is 0.387. The molecule has 0 radical (unpaired) electrons. The molecule has 0 aromatic heterocycles. The van der Waals surface area contributed by atoms with E-state index < -0.39 is 23.9 Å². The average molecular weight is 487 g/mol. The van der Waals surface area contributed by atoms with Gasteiger partial charge in [0.1, 0.15) is 17.8 Å². The van der Waals surface area contributed by atoms with Crippen molar-refractivity contribution in [2.24, 2.45) is 11.5 Å². The maximum Gasteiger partial charge on any atom is 0.254 e. The van der Waals surface area contributed by atoms with E-state index in [-0.39, 0.29) is 18.2 Å². The Morgan fingerprint density at radius 3 is 2.33 bits per heavy atom. The zero-order chi connectivity index (χ0) is 25.7. The first-order chi connectivity index (χ1) is 17.4. The zero-order valence-corrected chi connectivity index (χ0v) is 19.9. The summed E-state index contributed by atoms with van der Waals surface area (Å²) in [7, 11) is 0. The maximum absolute atomic E-state index is 13.5. The fourth-order valence-corrected chi connectivity index (χ4v) is 4.61. The van der Waals surface area contributed by atoms with Crippen LogP contribution in [0.25, 0.3) is 0 Å². The Balaban J connectivity index is 1.54. The number of phenols is 1. The van der Waals surface area contributed by atoms with Crippen LogP contribution in [0.1, 0.15) is 51.5 Å². The highest BCUT2D eigenvalue weighted by molar-refractivity contribution is 5.99. The third-order valence-electron chi connectivity index (χ3n) is 6.40. The second-order valence-electron chi connectivity index (χ2n) is 9.00. The van der Waals surface area contributed by atoms with E-state index in [0.29, 0.717) is 36.9 Å². The van der Waals surface area contributed by atoms with E-state index in [0.717, 1.165) is 16.7 Å². The fraction of sp³-hybridized carbons (Fsp3) is 0.250. The van der Waals surface area contributed by atoms with Gasteiger partial charge in [-0.05, 0) is 65.8 Å². The minimum absolute atomic E-state index is 0.189. The Kier molecular flexibility index (Phi) is 7.65. The number of nitrogens with one attached hydrogen (secondary N) is 1.